The van der Waals surface area contributed by atoms with Gasteiger partial charge in [-0.1, -0.05) is 17.8 Å². The lowest BCUT2D eigenvalue weighted by Gasteiger charge is -2.14. The van der Waals surface area contributed by atoms with Crippen LogP contribution in [0.3, 0.4) is 0 Å². The van der Waals surface area contributed by atoms with E-state index < -0.39 is 13.8 Å². The standard InChI is InChI=1S/C13H14BrF2N2O3PS/c14-10-8-9(2-1-7-23-13-17-5-6-18-13)3-4-11(10)21-22(19,20)12(15)16/h3-6,8,12H,1-2,7H2,(H,17,18)(H,19,20). The van der Waals surface area contributed by atoms with Gasteiger partial charge in [-0.15, -0.1) is 0 Å². The molecule has 126 valence electrons. The van der Waals surface area contributed by atoms with E-state index in [2.05, 4.69) is 30.4 Å². The first-order valence-corrected chi connectivity index (χ1v) is 10.0. The van der Waals surface area contributed by atoms with Crippen LogP contribution in [0.1, 0.15) is 12.0 Å². The van der Waals surface area contributed by atoms with Crippen LogP contribution < -0.4 is 4.52 Å². The fraction of sp³-hybridized carbons (Fsp3) is 0.308. The number of rotatable bonds is 8. The summed E-state index contributed by atoms with van der Waals surface area (Å²) in [5.74, 6) is 0.797. The van der Waals surface area contributed by atoms with Gasteiger partial charge in [0, 0.05) is 18.1 Å². The second kappa shape index (κ2) is 8.28. The van der Waals surface area contributed by atoms with Crippen molar-refractivity contribution in [3.63, 3.8) is 0 Å². The Labute approximate surface area is 144 Å². The molecule has 0 aliphatic heterocycles. The lowest BCUT2D eigenvalue weighted by molar-refractivity contribution is 0.188. The number of halogens is 3. The number of aromatic nitrogens is 2. The predicted octanol–water partition coefficient (Wildman–Crippen LogP) is 4.68. The Kier molecular flexibility index (Phi) is 6.64. The maximum Gasteiger partial charge on any atom is 0.442 e. The van der Waals surface area contributed by atoms with Gasteiger partial charge in [0.1, 0.15) is 5.75 Å². The molecule has 1 aromatic carbocycles. The Morgan fingerprint density at radius 2 is 2.26 bits per heavy atom. The molecule has 0 spiro atoms. The largest absolute Gasteiger partial charge is 0.442 e. The second-order valence-electron chi connectivity index (χ2n) is 4.54. The van der Waals surface area contributed by atoms with Crippen molar-refractivity contribution in [3.05, 3.63) is 40.6 Å². The highest BCUT2D eigenvalue weighted by Crippen LogP contribution is 2.50. The molecule has 5 nitrogen and oxygen atoms in total. The van der Waals surface area contributed by atoms with Gasteiger partial charge < -0.3 is 14.4 Å². The van der Waals surface area contributed by atoms with Crippen molar-refractivity contribution in [2.75, 3.05) is 5.75 Å². The van der Waals surface area contributed by atoms with E-state index in [-0.39, 0.29) is 5.75 Å². The van der Waals surface area contributed by atoms with Crippen molar-refractivity contribution in [2.45, 2.75) is 24.2 Å². The van der Waals surface area contributed by atoms with Crippen LogP contribution in [0.5, 0.6) is 5.75 Å². The number of nitrogens with one attached hydrogen (secondary N) is 1. The smallest absolute Gasteiger partial charge is 0.420 e. The van der Waals surface area contributed by atoms with Gasteiger partial charge in [-0.05, 0) is 46.5 Å². The van der Waals surface area contributed by atoms with Crippen LogP contribution in [-0.4, -0.2) is 26.8 Å². The molecule has 0 saturated carbocycles. The minimum absolute atomic E-state index is 0.0788. The quantitative estimate of drug-likeness (QED) is 0.364. The molecule has 23 heavy (non-hydrogen) atoms. The summed E-state index contributed by atoms with van der Waals surface area (Å²) in [5, 5.41) is 0.862. The second-order valence-corrected chi connectivity index (χ2v) is 8.18. The molecular formula is C13H14BrF2N2O3PS. The molecule has 0 amide bonds. The summed E-state index contributed by atoms with van der Waals surface area (Å²) in [7, 11) is -4.96. The van der Waals surface area contributed by atoms with Crippen LogP contribution in [0.4, 0.5) is 8.78 Å². The van der Waals surface area contributed by atoms with Gasteiger partial charge in [0.25, 0.3) is 0 Å². The van der Waals surface area contributed by atoms with Gasteiger partial charge in [-0.25, -0.2) is 9.55 Å². The molecule has 10 heteroatoms. The van der Waals surface area contributed by atoms with E-state index in [9.17, 15) is 13.3 Å². The molecule has 1 unspecified atom stereocenters. The molecule has 0 aliphatic rings. The summed E-state index contributed by atoms with van der Waals surface area (Å²) in [4.78, 5) is 16.2. The maximum atomic E-state index is 12.4. The zero-order chi connectivity index (χ0) is 16.9. The zero-order valence-electron chi connectivity index (χ0n) is 11.8. The van der Waals surface area contributed by atoms with Crippen molar-refractivity contribution in [1.29, 1.82) is 0 Å². The van der Waals surface area contributed by atoms with E-state index in [1.807, 2.05) is 0 Å². The first kappa shape index (κ1) is 18.4. The SMILES string of the molecule is O=P(O)(Oc1ccc(CCCSc2ncc[nH]2)cc1Br)C(F)F. The van der Waals surface area contributed by atoms with Gasteiger partial charge in [0.2, 0.25) is 0 Å². The Hall–Kier alpha value is -0.890. The number of hydrogen-bond acceptors (Lipinski definition) is 4. The molecule has 0 radical (unpaired) electrons. The van der Waals surface area contributed by atoms with Crippen LogP contribution >= 0.6 is 35.3 Å². The molecule has 2 aromatic rings. The van der Waals surface area contributed by atoms with E-state index in [1.165, 1.54) is 6.07 Å². The third-order valence-corrected chi connectivity index (χ3v) is 5.35. The van der Waals surface area contributed by atoms with Crippen LogP contribution in [-0.2, 0) is 11.0 Å². The van der Waals surface area contributed by atoms with E-state index in [0.717, 1.165) is 29.3 Å². The molecule has 0 fully saturated rings. The number of benzene rings is 1. The maximum absolute atomic E-state index is 12.4. The molecule has 0 saturated heterocycles. The van der Waals surface area contributed by atoms with E-state index >= 15 is 0 Å². The van der Waals surface area contributed by atoms with Gasteiger partial charge in [-0.2, -0.15) is 8.78 Å². The molecular weight excluding hydrogens is 413 g/mol. The molecule has 2 N–H and O–H groups in total. The van der Waals surface area contributed by atoms with E-state index in [0.29, 0.717) is 4.47 Å². The zero-order valence-corrected chi connectivity index (χ0v) is 15.1. The lowest BCUT2D eigenvalue weighted by atomic mass is 10.1. The van der Waals surface area contributed by atoms with Gasteiger partial charge in [0.05, 0.1) is 4.47 Å². The number of H-pyrrole nitrogens is 1. The average molecular weight is 427 g/mol. The number of aryl methyl sites for hydroxylation is 1. The summed E-state index contributed by atoms with van der Waals surface area (Å²) in [6.45, 7) is 0. The minimum atomic E-state index is -4.96. The highest BCUT2D eigenvalue weighted by atomic mass is 79.9. The summed E-state index contributed by atoms with van der Waals surface area (Å²) < 4.78 is 40.8. The normalized spacial score (nSPS) is 14.0. The van der Waals surface area contributed by atoms with Crippen molar-refractivity contribution < 1.29 is 22.8 Å². The molecule has 1 atom stereocenters. The Bertz CT molecular complexity index is 688. The number of imidazole rings is 1. The number of aromatic amines is 1. The fourth-order valence-corrected chi connectivity index (χ4v) is 3.65. The third kappa shape index (κ3) is 5.60. The first-order chi connectivity index (χ1) is 10.9. The predicted molar refractivity (Wildman–Crippen MR) is 88.2 cm³/mol. The third-order valence-electron chi connectivity index (χ3n) is 2.79. The number of alkyl halides is 2. The molecule has 1 aromatic heterocycles. The average Bonchev–Trinajstić information content (AvgIpc) is 2.99. The van der Waals surface area contributed by atoms with E-state index in [4.69, 9.17) is 4.89 Å². The molecule has 0 bridgehead atoms. The van der Waals surface area contributed by atoms with Crippen LogP contribution in [0, 0.1) is 0 Å². The van der Waals surface area contributed by atoms with Crippen molar-refractivity contribution in [1.82, 2.24) is 9.97 Å². The molecule has 2 rings (SSSR count). The van der Waals surface area contributed by atoms with Crippen molar-refractivity contribution in [2.24, 2.45) is 0 Å². The van der Waals surface area contributed by atoms with Crippen molar-refractivity contribution >= 4 is 35.3 Å². The number of hydrogen-bond donors (Lipinski definition) is 2. The van der Waals surface area contributed by atoms with Crippen LogP contribution in [0.2, 0.25) is 0 Å². The monoisotopic (exact) mass is 426 g/mol. The van der Waals surface area contributed by atoms with Crippen molar-refractivity contribution in [3.8, 4) is 5.75 Å². The van der Waals surface area contributed by atoms with Gasteiger partial charge >= 0.3 is 13.8 Å². The molecule has 0 aliphatic carbocycles. The summed E-state index contributed by atoms with van der Waals surface area (Å²) >= 11 is 4.78. The van der Waals surface area contributed by atoms with Crippen LogP contribution in [0.25, 0.3) is 0 Å². The van der Waals surface area contributed by atoms with Gasteiger partial charge in [-0.3, -0.25) is 0 Å². The highest BCUT2D eigenvalue weighted by molar-refractivity contribution is 9.10. The summed E-state index contributed by atoms with van der Waals surface area (Å²) in [6, 6.07) is 4.78. The highest BCUT2D eigenvalue weighted by Gasteiger charge is 2.34. The molecule has 1 heterocycles. The van der Waals surface area contributed by atoms with Crippen LogP contribution in [0.15, 0.2) is 40.2 Å². The number of nitrogens with zero attached hydrogens (tertiary/aromatic N) is 1. The Morgan fingerprint density at radius 1 is 1.48 bits per heavy atom. The fourth-order valence-electron chi connectivity index (χ4n) is 1.73. The minimum Gasteiger partial charge on any atom is -0.420 e. The lowest BCUT2D eigenvalue weighted by Crippen LogP contribution is -2.01. The Balaban J connectivity index is 1.87. The van der Waals surface area contributed by atoms with E-state index in [1.54, 1.807) is 36.3 Å². The summed E-state index contributed by atoms with van der Waals surface area (Å²) in [6.07, 6.45) is 1.69. The Morgan fingerprint density at radius 3 is 2.87 bits per heavy atom. The number of thioether (sulfide) groups is 1. The summed E-state index contributed by atoms with van der Waals surface area (Å²) in [5.41, 5.74) is 0.967. The van der Waals surface area contributed by atoms with Gasteiger partial charge in [0.15, 0.2) is 5.16 Å². The first-order valence-electron chi connectivity index (χ1n) is 6.59. The topological polar surface area (TPSA) is 75.2 Å².